The van der Waals surface area contributed by atoms with E-state index >= 15 is 0 Å². The van der Waals surface area contributed by atoms with Crippen molar-refractivity contribution >= 4 is 11.5 Å². The van der Waals surface area contributed by atoms with Crippen molar-refractivity contribution in [3.05, 3.63) is 12.4 Å². The smallest absolute Gasteiger partial charge is 0.199 e. The summed E-state index contributed by atoms with van der Waals surface area (Å²) in [7, 11) is 0. The Morgan fingerprint density at radius 3 is 3.27 bits per heavy atom. The molecule has 0 aliphatic heterocycles. The minimum Gasteiger partial charge on any atom is -0.369 e. The number of anilines is 1. The lowest BCUT2D eigenvalue weighted by Crippen LogP contribution is -2.07. The molecule has 0 aromatic carbocycles. The molecule has 2 aromatic rings. The van der Waals surface area contributed by atoms with Crippen LogP contribution < -0.4 is 5.32 Å². The van der Waals surface area contributed by atoms with Crippen molar-refractivity contribution in [3.63, 3.8) is 0 Å². The van der Waals surface area contributed by atoms with Crippen LogP contribution in [-0.2, 0) is 0 Å². The molecule has 0 aliphatic rings. The Hall–Kier alpha value is -2.16. The fraction of sp³-hybridized carbons (Fsp3) is 0.333. The van der Waals surface area contributed by atoms with Crippen molar-refractivity contribution < 1.29 is 0 Å². The molecule has 2 rings (SSSR count). The highest BCUT2D eigenvalue weighted by atomic mass is 15.5. The van der Waals surface area contributed by atoms with E-state index in [0.29, 0.717) is 5.65 Å². The van der Waals surface area contributed by atoms with Crippen LogP contribution in [-0.4, -0.2) is 31.6 Å². The van der Waals surface area contributed by atoms with Gasteiger partial charge in [-0.2, -0.15) is 4.52 Å². The molecule has 0 spiro atoms. The molecule has 76 valence electrons. The van der Waals surface area contributed by atoms with Crippen LogP contribution in [0.5, 0.6) is 0 Å². The van der Waals surface area contributed by atoms with Crippen LogP contribution in [0, 0.1) is 12.3 Å². The van der Waals surface area contributed by atoms with Gasteiger partial charge in [0.05, 0.1) is 12.4 Å². The van der Waals surface area contributed by atoms with E-state index in [0.717, 1.165) is 25.2 Å². The maximum absolute atomic E-state index is 5.15. The van der Waals surface area contributed by atoms with E-state index in [1.54, 1.807) is 16.9 Å². The average molecular weight is 202 g/mol. The van der Waals surface area contributed by atoms with Crippen LogP contribution in [0.1, 0.15) is 12.8 Å². The Morgan fingerprint density at radius 1 is 1.47 bits per heavy atom. The van der Waals surface area contributed by atoms with Gasteiger partial charge in [-0.25, -0.2) is 0 Å². The Labute approximate surface area is 86.7 Å². The zero-order valence-corrected chi connectivity index (χ0v) is 8.09. The van der Waals surface area contributed by atoms with Crippen molar-refractivity contribution in [2.75, 3.05) is 11.9 Å². The number of hydrogen-bond donors (Lipinski definition) is 1. The summed E-state index contributed by atoms with van der Waals surface area (Å²) in [5, 5.41) is 14.3. The molecule has 0 amide bonds. The van der Waals surface area contributed by atoms with E-state index in [1.807, 2.05) is 0 Å². The topological polar surface area (TPSA) is 68.0 Å². The molecule has 15 heavy (non-hydrogen) atoms. The quantitative estimate of drug-likeness (QED) is 0.572. The SMILES string of the molecule is C#CCCCNc1cncc2nnnn12. The van der Waals surface area contributed by atoms with E-state index in [4.69, 9.17) is 6.42 Å². The molecule has 0 bridgehead atoms. The standard InChI is InChI=1S/C9H10N6/c1-2-3-4-5-11-8-6-10-7-9-12-13-14-15(8)9/h1,6-7,11H,3-5H2. The van der Waals surface area contributed by atoms with Crippen molar-refractivity contribution in [1.82, 2.24) is 25.0 Å². The van der Waals surface area contributed by atoms with Crippen LogP contribution >= 0.6 is 0 Å². The van der Waals surface area contributed by atoms with E-state index < -0.39 is 0 Å². The van der Waals surface area contributed by atoms with Gasteiger partial charge in [0, 0.05) is 13.0 Å². The predicted molar refractivity (Wildman–Crippen MR) is 55.1 cm³/mol. The lowest BCUT2D eigenvalue weighted by molar-refractivity contribution is 0.811. The third-order valence-corrected chi connectivity index (χ3v) is 1.91. The lowest BCUT2D eigenvalue weighted by Gasteiger charge is -2.04. The van der Waals surface area contributed by atoms with E-state index in [9.17, 15) is 0 Å². The third kappa shape index (κ3) is 2.02. The zero-order chi connectivity index (χ0) is 10.5. The summed E-state index contributed by atoms with van der Waals surface area (Å²) in [6.07, 6.45) is 10.1. The second-order valence-electron chi connectivity index (χ2n) is 2.98. The third-order valence-electron chi connectivity index (χ3n) is 1.91. The number of hydrogen-bond acceptors (Lipinski definition) is 5. The first-order valence-corrected chi connectivity index (χ1v) is 4.61. The molecule has 1 N–H and O–H groups in total. The molecular formula is C9H10N6. The number of nitrogens with zero attached hydrogens (tertiary/aromatic N) is 5. The molecule has 0 saturated heterocycles. The van der Waals surface area contributed by atoms with Crippen molar-refractivity contribution in [2.24, 2.45) is 0 Å². The molecule has 2 heterocycles. The number of nitrogens with one attached hydrogen (secondary N) is 1. The molecule has 2 aromatic heterocycles. The Balaban J connectivity index is 2.08. The number of aromatic nitrogens is 5. The van der Waals surface area contributed by atoms with Crippen LogP contribution in [0.25, 0.3) is 5.65 Å². The maximum atomic E-state index is 5.15. The second-order valence-corrected chi connectivity index (χ2v) is 2.98. The van der Waals surface area contributed by atoms with Gasteiger partial charge in [0.1, 0.15) is 5.82 Å². The summed E-state index contributed by atoms with van der Waals surface area (Å²) >= 11 is 0. The largest absolute Gasteiger partial charge is 0.369 e. The van der Waals surface area contributed by atoms with Crippen molar-refractivity contribution in [3.8, 4) is 12.3 Å². The minimum absolute atomic E-state index is 0.622. The Kier molecular flexibility index (Phi) is 2.74. The number of rotatable bonds is 4. The first-order chi connectivity index (χ1) is 7.42. The van der Waals surface area contributed by atoms with Gasteiger partial charge in [0.15, 0.2) is 5.65 Å². The average Bonchev–Trinajstić information content (AvgIpc) is 2.73. The van der Waals surface area contributed by atoms with Gasteiger partial charge in [-0.05, 0) is 16.8 Å². The molecule has 6 nitrogen and oxygen atoms in total. The predicted octanol–water partition coefficient (Wildman–Crippen LogP) is 0.345. The number of fused-ring (bicyclic) bond motifs is 1. The highest BCUT2D eigenvalue weighted by Crippen LogP contribution is 2.05. The Morgan fingerprint density at radius 2 is 2.40 bits per heavy atom. The summed E-state index contributed by atoms with van der Waals surface area (Å²) in [5.41, 5.74) is 0.622. The molecule has 0 saturated carbocycles. The Bertz CT molecular complexity index is 483. The first-order valence-electron chi connectivity index (χ1n) is 4.61. The monoisotopic (exact) mass is 202 g/mol. The first kappa shape index (κ1) is 9.40. The molecule has 0 unspecified atom stereocenters. The number of tetrazole rings is 1. The summed E-state index contributed by atoms with van der Waals surface area (Å²) in [6, 6.07) is 0. The summed E-state index contributed by atoms with van der Waals surface area (Å²) in [5.74, 6) is 3.36. The summed E-state index contributed by atoms with van der Waals surface area (Å²) < 4.78 is 1.60. The van der Waals surface area contributed by atoms with Crippen LogP contribution in [0.4, 0.5) is 5.82 Å². The summed E-state index contributed by atoms with van der Waals surface area (Å²) in [4.78, 5) is 4.02. The van der Waals surface area contributed by atoms with Gasteiger partial charge in [-0.15, -0.1) is 17.4 Å². The van der Waals surface area contributed by atoms with Crippen molar-refractivity contribution in [1.29, 1.82) is 0 Å². The van der Waals surface area contributed by atoms with Crippen LogP contribution in [0.3, 0.4) is 0 Å². The van der Waals surface area contributed by atoms with E-state index in [-0.39, 0.29) is 0 Å². The van der Waals surface area contributed by atoms with E-state index in [1.165, 1.54) is 0 Å². The zero-order valence-electron chi connectivity index (χ0n) is 8.09. The normalized spacial score (nSPS) is 10.1. The van der Waals surface area contributed by atoms with Gasteiger partial charge < -0.3 is 5.32 Å². The van der Waals surface area contributed by atoms with E-state index in [2.05, 4.69) is 31.7 Å². The van der Waals surface area contributed by atoms with Crippen LogP contribution in [0.15, 0.2) is 12.4 Å². The maximum Gasteiger partial charge on any atom is 0.199 e. The molecule has 0 aliphatic carbocycles. The molecule has 6 heteroatoms. The minimum atomic E-state index is 0.622. The van der Waals surface area contributed by atoms with Gasteiger partial charge in [0.25, 0.3) is 0 Å². The van der Waals surface area contributed by atoms with Gasteiger partial charge >= 0.3 is 0 Å². The van der Waals surface area contributed by atoms with Gasteiger partial charge in [0.2, 0.25) is 0 Å². The number of unbranched alkanes of at least 4 members (excludes halogenated alkanes) is 1. The molecule has 0 fully saturated rings. The fourth-order valence-electron chi connectivity index (χ4n) is 1.20. The van der Waals surface area contributed by atoms with Crippen molar-refractivity contribution in [2.45, 2.75) is 12.8 Å². The number of terminal acetylenes is 1. The van der Waals surface area contributed by atoms with Crippen LogP contribution in [0.2, 0.25) is 0 Å². The van der Waals surface area contributed by atoms with Gasteiger partial charge in [-0.3, -0.25) is 4.98 Å². The molecule has 0 atom stereocenters. The lowest BCUT2D eigenvalue weighted by atomic mass is 10.3. The fourth-order valence-corrected chi connectivity index (χ4v) is 1.20. The molecule has 0 radical (unpaired) electrons. The second kappa shape index (κ2) is 4.37. The highest BCUT2D eigenvalue weighted by Gasteiger charge is 2.01. The highest BCUT2D eigenvalue weighted by molar-refractivity contribution is 5.43. The molecular weight excluding hydrogens is 192 g/mol. The summed E-state index contributed by atoms with van der Waals surface area (Å²) in [6.45, 7) is 0.783. The van der Waals surface area contributed by atoms with Gasteiger partial charge in [-0.1, -0.05) is 0 Å².